The van der Waals surface area contributed by atoms with E-state index < -0.39 is 0 Å². The average molecular weight is 277 g/mol. The van der Waals surface area contributed by atoms with Crippen LogP contribution in [-0.4, -0.2) is 16.5 Å². The molecule has 4 rings (SSSR count). The highest BCUT2D eigenvalue weighted by molar-refractivity contribution is 6.49. The number of nitrogens with zero attached hydrogens (tertiary/aromatic N) is 2. The van der Waals surface area contributed by atoms with Gasteiger partial charge in [0.15, 0.2) is 5.58 Å². The van der Waals surface area contributed by atoms with Crippen molar-refractivity contribution in [3.05, 3.63) is 59.7 Å². The van der Waals surface area contributed by atoms with E-state index in [1.165, 1.54) is 0 Å². The number of hydrazone groups is 1. The van der Waals surface area contributed by atoms with E-state index in [0.717, 1.165) is 16.6 Å². The van der Waals surface area contributed by atoms with E-state index in [9.17, 15) is 4.79 Å². The summed E-state index contributed by atoms with van der Waals surface area (Å²) in [5, 5.41) is 4.15. The van der Waals surface area contributed by atoms with Gasteiger partial charge in [0.25, 0.3) is 0 Å². The molecule has 0 spiro atoms. The molecule has 0 amide bonds. The Bertz CT molecular complexity index is 847. The van der Waals surface area contributed by atoms with Gasteiger partial charge in [0.05, 0.1) is 0 Å². The third-order valence-electron chi connectivity index (χ3n) is 3.46. The van der Waals surface area contributed by atoms with Crippen LogP contribution in [0.1, 0.15) is 15.9 Å². The molecule has 5 heteroatoms. The lowest BCUT2D eigenvalue weighted by Crippen LogP contribution is -2.10. The number of ketones is 1. The number of oxazole rings is 1. The quantitative estimate of drug-likeness (QED) is 0.731. The minimum atomic E-state index is -0.0470. The molecule has 0 saturated carbocycles. The minimum absolute atomic E-state index is 0.0470. The van der Waals surface area contributed by atoms with E-state index in [-0.39, 0.29) is 11.8 Å². The first-order valence-corrected chi connectivity index (χ1v) is 6.62. The van der Waals surface area contributed by atoms with E-state index in [0.29, 0.717) is 17.7 Å². The first-order valence-electron chi connectivity index (χ1n) is 6.62. The molecule has 2 aromatic carbocycles. The SMILES string of the molecule is O=C1/C(=N\Nc2nc3ccccc3o2)Cc2ccccc21. The molecule has 0 fully saturated rings. The fourth-order valence-corrected chi connectivity index (χ4v) is 2.44. The van der Waals surface area contributed by atoms with Crippen molar-refractivity contribution in [3.63, 3.8) is 0 Å². The van der Waals surface area contributed by atoms with Gasteiger partial charge in [0.2, 0.25) is 5.78 Å². The van der Waals surface area contributed by atoms with Crippen LogP contribution < -0.4 is 5.43 Å². The van der Waals surface area contributed by atoms with E-state index >= 15 is 0 Å². The predicted molar refractivity (Wildman–Crippen MR) is 79.5 cm³/mol. The van der Waals surface area contributed by atoms with Crippen molar-refractivity contribution in [2.45, 2.75) is 6.42 Å². The number of fused-ring (bicyclic) bond motifs is 2. The van der Waals surface area contributed by atoms with Crippen LogP contribution in [0.4, 0.5) is 6.01 Å². The smallest absolute Gasteiger partial charge is 0.316 e. The van der Waals surface area contributed by atoms with Crippen LogP contribution >= 0.6 is 0 Å². The van der Waals surface area contributed by atoms with Gasteiger partial charge < -0.3 is 4.42 Å². The number of benzene rings is 2. The Morgan fingerprint density at radius 2 is 1.90 bits per heavy atom. The summed E-state index contributed by atoms with van der Waals surface area (Å²) in [6, 6.07) is 15.3. The Morgan fingerprint density at radius 1 is 1.10 bits per heavy atom. The second-order valence-corrected chi connectivity index (χ2v) is 4.82. The maximum atomic E-state index is 12.2. The summed E-state index contributed by atoms with van der Waals surface area (Å²) >= 11 is 0. The molecular formula is C16H11N3O2. The molecule has 0 aliphatic heterocycles. The Kier molecular flexibility index (Phi) is 2.57. The van der Waals surface area contributed by atoms with Gasteiger partial charge in [-0.15, -0.1) is 0 Å². The number of para-hydroxylation sites is 2. The Balaban J connectivity index is 1.61. The van der Waals surface area contributed by atoms with Crippen LogP contribution in [0.2, 0.25) is 0 Å². The zero-order valence-electron chi connectivity index (χ0n) is 11.0. The molecular weight excluding hydrogens is 266 g/mol. The summed E-state index contributed by atoms with van der Waals surface area (Å²) in [7, 11) is 0. The third-order valence-corrected chi connectivity index (χ3v) is 3.46. The Morgan fingerprint density at radius 3 is 2.76 bits per heavy atom. The monoisotopic (exact) mass is 277 g/mol. The topological polar surface area (TPSA) is 67.5 Å². The van der Waals surface area contributed by atoms with Crippen LogP contribution in [0.15, 0.2) is 58.0 Å². The third kappa shape index (κ3) is 1.99. The molecule has 1 aromatic heterocycles. The molecule has 0 radical (unpaired) electrons. The van der Waals surface area contributed by atoms with Crippen LogP contribution in [0.25, 0.3) is 11.1 Å². The highest BCUT2D eigenvalue weighted by atomic mass is 16.4. The summed E-state index contributed by atoms with van der Waals surface area (Å²) in [5.41, 5.74) is 6.35. The van der Waals surface area contributed by atoms with Crippen LogP contribution in [0.3, 0.4) is 0 Å². The fraction of sp³-hybridized carbons (Fsp3) is 0.0625. The first-order chi connectivity index (χ1) is 10.3. The lowest BCUT2D eigenvalue weighted by atomic mass is 10.1. The van der Waals surface area contributed by atoms with E-state index in [1.807, 2.05) is 48.5 Å². The zero-order chi connectivity index (χ0) is 14.2. The highest BCUT2D eigenvalue weighted by Crippen LogP contribution is 2.21. The number of Topliss-reactive ketones (excluding diaryl/α,β-unsaturated/α-hetero) is 1. The molecule has 5 nitrogen and oxygen atoms in total. The molecule has 0 bridgehead atoms. The number of nitrogens with one attached hydrogen (secondary N) is 1. The fourth-order valence-electron chi connectivity index (χ4n) is 2.44. The maximum Gasteiger partial charge on any atom is 0.316 e. The molecule has 1 heterocycles. The van der Waals surface area contributed by atoms with Crippen molar-refractivity contribution in [1.29, 1.82) is 0 Å². The largest absolute Gasteiger partial charge is 0.422 e. The van der Waals surface area contributed by atoms with Crippen LogP contribution in [0.5, 0.6) is 0 Å². The van der Waals surface area contributed by atoms with Gasteiger partial charge in [-0.25, -0.2) is 5.43 Å². The van der Waals surface area contributed by atoms with Crippen molar-refractivity contribution in [2.24, 2.45) is 5.10 Å². The summed E-state index contributed by atoms with van der Waals surface area (Å²) < 4.78 is 5.50. The number of carbonyl (C=O) groups is 1. The van der Waals surface area contributed by atoms with Crippen molar-refractivity contribution in [3.8, 4) is 0 Å². The van der Waals surface area contributed by atoms with E-state index in [4.69, 9.17) is 4.42 Å². The average Bonchev–Trinajstić information content (AvgIpc) is 3.07. The summed E-state index contributed by atoms with van der Waals surface area (Å²) in [5.74, 6) is -0.0470. The molecule has 0 unspecified atom stereocenters. The van der Waals surface area contributed by atoms with Gasteiger partial charge >= 0.3 is 6.01 Å². The normalized spacial score (nSPS) is 15.6. The van der Waals surface area contributed by atoms with Crippen molar-refractivity contribution < 1.29 is 9.21 Å². The first kappa shape index (κ1) is 11.8. The van der Waals surface area contributed by atoms with Gasteiger partial charge in [-0.1, -0.05) is 36.4 Å². The highest BCUT2D eigenvalue weighted by Gasteiger charge is 2.25. The van der Waals surface area contributed by atoms with Crippen molar-refractivity contribution in [2.75, 3.05) is 5.43 Å². The molecule has 3 aromatic rings. The number of carbonyl (C=O) groups excluding carboxylic acids is 1. The number of hydrogen-bond acceptors (Lipinski definition) is 5. The molecule has 0 atom stereocenters. The van der Waals surface area contributed by atoms with Gasteiger partial charge in [-0.2, -0.15) is 10.1 Å². The van der Waals surface area contributed by atoms with E-state index in [1.54, 1.807) is 0 Å². The lowest BCUT2D eigenvalue weighted by Gasteiger charge is -1.95. The van der Waals surface area contributed by atoms with Gasteiger partial charge in [0, 0.05) is 12.0 Å². The number of anilines is 1. The second-order valence-electron chi connectivity index (χ2n) is 4.82. The van der Waals surface area contributed by atoms with Gasteiger partial charge in [-0.3, -0.25) is 4.79 Å². The Hall–Kier alpha value is -2.95. The van der Waals surface area contributed by atoms with Crippen molar-refractivity contribution >= 4 is 28.6 Å². The summed E-state index contributed by atoms with van der Waals surface area (Å²) in [4.78, 5) is 16.4. The molecule has 1 aliphatic rings. The Labute approximate surface area is 120 Å². The lowest BCUT2D eigenvalue weighted by molar-refractivity contribution is 0.106. The maximum absolute atomic E-state index is 12.2. The standard InChI is InChI=1S/C16H11N3O2/c20-15-11-6-2-1-5-10(11)9-13(15)18-19-16-17-12-7-3-4-8-14(12)21-16/h1-8H,9H2,(H,17,19)/b18-13-. The van der Waals surface area contributed by atoms with Gasteiger partial charge in [0.1, 0.15) is 11.2 Å². The number of aromatic nitrogens is 1. The minimum Gasteiger partial charge on any atom is -0.422 e. The van der Waals surface area contributed by atoms with Crippen molar-refractivity contribution in [1.82, 2.24) is 4.98 Å². The van der Waals surface area contributed by atoms with Crippen LogP contribution in [0, 0.1) is 0 Å². The molecule has 0 saturated heterocycles. The number of rotatable bonds is 2. The van der Waals surface area contributed by atoms with E-state index in [2.05, 4.69) is 15.5 Å². The molecule has 21 heavy (non-hydrogen) atoms. The summed E-state index contributed by atoms with van der Waals surface area (Å²) in [6.07, 6.45) is 0.530. The molecule has 1 N–H and O–H groups in total. The molecule has 102 valence electrons. The summed E-state index contributed by atoms with van der Waals surface area (Å²) in [6.45, 7) is 0. The number of hydrogen-bond donors (Lipinski definition) is 1. The van der Waals surface area contributed by atoms with Crippen LogP contribution in [-0.2, 0) is 6.42 Å². The predicted octanol–water partition coefficient (Wildman–Crippen LogP) is 3.03. The zero-order valence-corrected chi connectivity index (χ0v) is 11.0. The second kappa shape index (κ2) is 4.56. The van der Waals surface area contributed by atoms with Gasteiger partial charge in [-0.05, 0) is 17.7 Å². The molecule has 1 aliphatic carbocycles.